The fourth-order valence-corrected chi connectivity index (χ4v) is 2.68. The number of nitrogens with zero attached hydrogens (tertiary/aromatic N) is 1. The topological polar surface area (TPSA) is 70.6 Å². The molecule has 0 aliphatic rings. The van der Waals surface area contributed by atoms with Gasteiger partial charge in [-0.2, -0.15) is 5.10 Å². The van der Waals surface area contributed by atoms with Crippen molar-refractivity contribution in [3.63, 3.8) is 0 Å². The molecule has 0 radical (unpaired) electrons. The highest BCUT2D eigenvalue weighted by Gasteiger charge is 2.14. The number of halogens is 2. The van der Waals surface area contributed by atoms with Crippen LogP contribution in [0.5, 0.6) is 0 Å². The van der Waals surface area contributed by atoms with Crippen LogP contribution in [-0.4, -0.2) is 18.0 Å². The predicted octanol–water partition coefficient (Wildman–Crippen LogP) is 4.24. The minimum atomic E-state index is -0.919. The number of carbonyl (C=O) groups excluding carboxylic acids is 2. The maximum atomic E-state index is 11.9. The van der Waals surface area contributed by atoms with Gasteiger partial charge in [-0.1, -0.05) is 65.7 Å². The van der Waals surface area contributed by atoms with Gasteiger partial charge in [-0.3, -0.25) is 9.59 Å². The molecule has 0 atom stereocenters. The minimum Gasteiger partial charge on any atom is -0.316 e. The average Bonchev–Trinajstić information content (AvgIpc) is 2.64. The van der Waals surface area contributed by atoms with Crippen LogP contribution in [0.3, 0.4) is 0 Å². The molecule has 7 heteroatoms. The van der Waals surface area contributed by atoms with Gasteiger partial charge in [0.15, 0.2) is 0 Å². The Bertz CT molecular complexity index is 1010. The predicted molar refractivity (Wildman–Crippen MR) is 105 cm³/mol. The van der Waals surface area contributed by atoms with Gasteiger partial charge in [-0.05, 0) is 29.0 Å². The lowest BCUT2D eigenvalue weighted by Crippen LogP contribution is -2.32. The van der Waals surface area contributed by atoms with Crippen LogP contribution in [0.15, 0.2) is 65.8 Å². The number of hydrogen-bond acceptors (Lipinski definition) is 3. The number of hydrazone groups is 1. The number of carbonyl (C=O) groups is 2. The molecule has 0 spiro atoms. The fourth-order valence-electron chi connectivity index (χ4n) is 2.35. The Morgan fingerprint density at radius 3 is 2.54 bits per heavy atom. The molecule has 26 heavy (non-hydrogen) atoms. The van der Waals surface area contributed by atoms with Crippen LogP contribution in [0.1, 0.15) is 5.56 Å². The molecule has 0 aliphatic carbocycles. The van der Waals surface area contributed by atoms with Crippen molar-refractivity contribution in [2.24, 2.45) is 5.10 Å². The number of nitrogens with one attached hydrogen (secondary N) is 2. The average molecular weight is 386 g/mol. The maximum absolute atomic E-state index is 11.9. The second-order valence-corrected chi connectivity index (χ2v) is 6.19. The van der Waals surface area contributed by atoms with Crippen LogP contribution in [0.4, 0.5) is 5.69 Å². The van der Waals surface area contributed by atoms with Crippen molar-refractivity contribution >= 4 is 57.7 Å². The Morgan fingerprint density at radius 2 is 1.69 bits per heavy atom. The molecule has 0 saturated heterocycles. The molecule has 2 amide bonds. The Hall–Kier alpha value is -2.89. The molecule has 0 bridgehead atoms. The van der Waals surface area contributed by atoms with Crippen molar-refractivity contribution in [1.29, 1.82) is 0 Å². The molecule has 5 nitrogen and oxygen atoms in total. The normalized spacial score (nSPS) is 10.8. The summed E-state index contributed by atoms with van der Waals surface area (Å²) in [5, 5.41) is 8.94. The van der Waals surface area contributed by atoms with Crippen LogP contribution in [-0.2, 0) is 9.59 Å². The Labute approximate surface area is 159 Å². The van der Waals surface area contributed by atoms with Crippen molar-refractivity contribution in [2.45, 2.75) is 0 Å². The summed E-state index contributed by atoms with van der Waals surface area (Å²) in [5.74, 6) is -1.82. The van der Waals surface area contributed by atoms with Gasteiger partial charge in [-0.25, -0.2) is 5.43 Å². The molecule has 3 rings (SSSR count). The Balaban J connectivity index is 1.67. The summed E-state index contributed by atoms with van der Waals surface area (Å²) < 4.78 is 0. The smallest absolute Gasteiger partial charge is 0.316 e. The molecule has 0 fully saturated rings. The van der Waals surface area contributed by atoms with Crippen LogP contribution in [0.2, 0.25) is 10.0 Å². The second kappa shape index (κ2) is 7.99. The van der Waals surface area contributed by atoms with Crippen molar-refractivity contribution < 1.29 is 9.59 Å². The van der Waals surface area contributed by atoms with Gasteiger partial charge in [0.25, 0.3) is 0 Å². The van der Waals surface area contributed by atoms with E-state index in [0.717, 1.165) is 16.3 Å². The zero-order valence-corrected chi connectivity index (χ0v) is 14.9. The van der Waals surface area contributed by atoms with E-state index in [-0.39, 0.29) is 10.7 Å². The van der Waals surface area contributed by atoms with Crippen molar-refractivity contribution in [3.8, 4) is 0 Å². The van der Waals surface area contributed by atoms with E-state index in [2.05, 4.69) is 15.8 Å². The fraction of sp³-hybridized carbons (Fsp3) is 0. The van der Waals surface area contributed by atoms with Gasteiger partial charge in [0, 0.05) is 10.6 Å². The zero-order chi connectivity index (χ0) is 18.5. The molecule has 130 valence electrons. The number of hydrogen-bond donors (Lipinski definition) is 2. The van der Waals surface area contributed by atoms with Gasteiger partial charge in [0.05, 0.1) is 16.9 Å². The van der Waals surface area contributed by atoms with Gasteiger partial charge < -0.3 is 5.32 Å². The van der Waals surface area contributed by atoms with Gasteiger partial charge >= 0.3 is 11.8 Å². The van der Waals surface area contributed by atoms with Crippen LogP contribution >= 0.6 is 23.2 Å². The third-order valence-corrected chi connectivity index (χ3v) is 4.14. The summed E-state index contributed by atoms with van der Waals surface area (Å²) in [7, 11) is 0. The Morgan fingerprint density at radius 1 is 0.923 bits per heavy atom. The van der Waals surface area contributed by atoms with Crippen molar-refractivity contribution in [3.05, 3.63) is 76.3 Å². The number of fused-ring (bicyclic) bond motifs is 1. The summed E-state index contributed by atoms with van der Waals surface area (Å²) in [6, 6.07) is 18.1. The van der Waals surface area contributed by atoms with E-state index in [0.29, 0.717) is 5.02 Å². The molecule has 0 heterocycles. The van der Waals surface area contributed by atoms with Gasteiger partial charge in [-0.15, -0.1) is 0 Å². The Kier molecular flexibility index (Phi) is 5.51. The molecule has 0 saturated carbocycles. The third kappa shape index (κ3) is 4.20. The van der Waals surface area contributed by atoms with E-state index in [9.17, 15) is 9.59 Å². The van der Waals surface area contributed by atoms with E-state index in [1.54, 1.807) is 6.07 Å². The standard InChI is InChI=1S/C19H13Cl2N3O2/c20-14-8-9-16(21)17(10-14)23-18(25)19(26)24-22-11-13-6-3-5-12-4-1-2-7-15(12)13/h1-11H,(H,23,25)(H,24,26). The van der Waals surface area contributed by atoms with Crippen LogP contribution in [0, 0.1) is 0 Å². The molecule has 0 unspecified atom stereocenters. The number of benzene rings is 3. The lowest BCUT2D eigenvalue weighted by atomic mass is 10.1. The van der Waals surface area contributed by atoms with Gasteiger partial charge in [0.1, 0.15) is 0 Å². The summed E-state index contributed by atoms with van der Waals surface area (Å²) >= 11 is 11.8. The van der Waals surface area contributed by atoms with Crippen LogP contribution < -0.4 is 10.7 Å². The van der Waals surface area contributed by atoms with E-state index < -0.39 is 11.8 Å². The van der Waals surface area contributed by atoms with Crippen LogP contribution in [0.25, 0.3) is 10.8 Å². The number of amides is 2. The summed E-state index contributed by atoms with van der Waals surface area (Å²) in [5.41, 5.74) is 3.26. The van der Waals surface area contributed by atoms with Crippen molar-refractivity contribution in [2.75, 3.05) is 5.32 Å². The highest BCUT2D eigenvalue weighted by molar-refractivity contribution is 6.42. The minimum absolute atomic E-state index is 0.248. The zero-order valence-electron chi connectivity index (χ0n) is 13.4. The monoisotopic (exact) mass is 385 g/mol. The second-order valence-electron chi connectivity index (χ2n) is 5.35. The number of rotatable bonds is 3. The molecule has 0 aromatic heterocycles. The molecular formula is C19H13Cl2N3O2. The summed E-state index contributed by atoms with van der Waals surface area (Å²) in [4.78, 5) is 23.8. The first-order valence-corrected chi connectivity index (χ1v) is 8.37. The molecule has 3 aromatic carbocycles. The largest absolute Gasteiger partial charge is 0.329 e. The van der Waals surface area contributed by atoms with E-state index in [1.165, 1.54) is 18.3 Å². The first-order chi connectivity index (χ1) is 12.5. The lowest BCUT2D eigenvalue weighted by molar-refractivity contribution is -0.136. The summed E-state index contributed by atoms with van der Waals surface area (Å²) in [6.07, 6.45) is 1.49. The first kappa shape index (κ1) is 17.9. The van der Waals surface area contributed by atoms with E-state index in [1.807, 2.05) is 42.5 Å². The SMILES string of the molecule is O=C(NN=Cc1cccc2ccccc12)C(=O)Nc1cc(Cl)ccc1Cl. The highest BCUT2D eigenvalue weighted by Crippen LogP contribution is 2.25. The van der Waals surface area contributed by atoms with Crippen molar-refractivity contribution in [1.82, 2.24) is 5.43 Å². The first-order valence-electron chi connectivity index (χ1n) is 7.62. The molecule has 3 aromatic rings. The van der Waals surface area contributed by atoms with E-state index in [4.69, 9.17) is 23.2 Å². The highest BCUT2D eigenvalue weighted by atomic mass is 35.5. The van der Waals surface area contributed by atoms with E-state index >= 15 is 0 Å². The molecule has 0 aliphatic heterocycles. The molecular weight excluding hydrogens is 373 g/mol. The van der Waals surface area contributed by atoms with Gasteiger partial charge in [0.2, 0.25) is 0 Å². The molecule has 2 N–H and O–H groups in total. The third-order valence-electron chi connectivity index (χ3n) is 3.58. The maximum Gasteiger partial charge on any atom is 0.329 e. The quantitative estimate of drug-likeness (QED) is 0.402. The summed E-state index contributed by atoms with van der Waals surface area (Å²) in [6.45, 7) is 0. The number of anilines is 1. The lowest BCUT2D eigenvalue weighted by Gasteiger charge is -2.06.